The van der Waals surface area contributed by atoms with E-state index < -0.39 is 10.7 Å². The van der Waals surface area contributed by atoms with Gasteiger partial charge in [0.15, 0.2) is 10.6 Å². The lowest BCUT2D eigenvalue weighted by atomic mass is 10.2. The van der Waals surface area contributed by atoms with Crippen LogP contribution in [0.15, 0.2) is 18.2 Å². The topological polar surface area (TPSA) is 76.8 Å². The lowest BCUT2D eigenvalue weighted by Gasteiger charge is -2.05. The number of nitro groups is 1. The highest BCUT2D eigenvalue weighted by Crippen LogP contribution is 2.38. The molecule has 1 aromatic carbocycles. The normalized spacial score (nSPS) is 14.6. The lowest BCUT2D eigenvalue weighted by Crippen LogP contribution is -2.00. The molecule has 2 aromatic rings. The van der Waals surface area contributed by atoms with E-state index in [1.807, 2.05) is 0 Å². The van der Waals surface area contributed by atoms with Crippen molar-refractivity contribution in [3.05, 3.63) is 38.9 Å². The standard InChI is InChI=1S/C11H9FN4O2S/c12-9-5-7(16(17)18)3-4-8(9)10-13-14-11(19)15(10)6-1-2-6/h3-6H,1-2H2,(H,14,19). The number of rotatable bonds is 3. The van der Waals surface area contributed by atoms with Gasteiger partial charge in [-0.1, -0.05) is 0 Å². The van der Waals surface area contributed by atoms with Gasteiger partial charge >= 0.3 is 0 Å². The van der Waals surface area contributed by atoms with Crippen LogP contribution < -0.4 is 0 Å². The van der Waals surface area contributed by atoms with Crippen molar-refractivity contribution in [2.45, 2.75) is 18.9 Å². The number of aromatic nitrogens is 3. The van der Waals surface area contributed by atoms with E-state index in [0.717, 1.165) is 18.9 Å². The summed E-state index contributed by atoms with van der Waals surface area (Å²) in [6.45, 7) is 0. The fraction of sp³-hybridized carbons (Fsp3) is 0.273. The maximum absolute atomic E-state index is 14.0. The molecule has 3 rings (SSSR count). The zero-order chi connectivity index (χ0) is 13.6. The van der Waals surface area contributed by atoms with Gasteiger partial charge in [0.1, 0.15) is 5.82 Å². The van der Waals surface area contributed by atoms with Crippen molar-refractivity contribution in [2.75, 3.05) is 0 Å². The number of nitrogens with zero attached hydrogens (tertiary/aromatic N) is 3. The minimum absolute atomic E-state index is 0.213. The van der Waals surface area contributed by atoms with Gasteiger partial charge in [0.05, 0.1) is 16.6 Å². The van der Waals surface area contributed by atoms with E-state index in [4.69, 9.17) is 12.2 Å². The van der Waals surface area contributed by atoms with Crippen LogP contribution in [0, 0.1) is 20.7 Å². The zero-order valence-corrected chi connectivity index (χ0v) is 10.5. The lowest BCUT2D eigenvalue weighted by molar-refractivity contribution is -0.385. The highest BCUT2D eigenvalue weighted by Gasteiger charge is 2.28. The van der Waals surface area contributed by atoms with Crippen molar-refractivity contribution in [3.63, 3.8) is 0 Å². The molecule has 0 amide bonds. The Bertz CT molecular complexity index is 720. The monoisotopic (exact) mass is 280 g/mol. The molecule has 1 aromatic heterocycles. The van der Waals surface area contributed by atoms with Crippen molar-refractivity contribution in [1.82, 2.24) is 14.8 Å². The van der Waals surface area contributed by atoms with Crippen molar-refractivity contribution < 1.29 is 9.31 Å². The number of nitrogens with one attached hydrogen (secondary N) is 1. The molecule has 1 aliphatic rings. The van der Waals surface area contributed by atoms with E-state index in [1.165, 1.54) is 12.1 Å². The molecule has 1 heterocycles. The number of nitro benzene ring substituents is 1. The first-order chi connectivity index (χ1) is 9.08. The Morgan fingerprint density at radius 3 is 2.84 bits per heavy atom. The second kappa shape index (κ2) is 4.23. The highest BCUT2D eigenvalue weighted by atomic mass is 32.1. The second-order valence-electron chi connectivity index (χ2n) is 4.37. The van der Waals surface area contributed by atoms with Gasteiger partial charge in [-0.2, -0.15) is 5.10 Å². The van der Waals surface area contributed by atoms with Crippen molar-refractivity contribution in [3.8, 4) is 11.4 Å². The van der Waals surface area contributed by atoms with Crippen LogP contribution in [0.4, 0.5) is 10.1 Å². The van der Waals surface area contributed by atoms with Crippen LogP contribution >= 0.6 is 12.2 Å². The summed E-state index contributed by atoms with van der Waals surface area (Å²) in [7, 11) is 0. The molecular formula is C11H9FN4O2S. The summed E-state index contributed by atoms with van der Waals surface area (Å²) in [4.78, 5) is 9.95. The number of non-ortho nitro benzene ring substituents is 1. The third-order valence-electron chi connectivity index (χ3n) is 3.02. The first-order valence-electron chi connectivity index (χ1n) is 5.69. The van der Waals surface area contributed by atoms with Crippen molar-refractivity contribution >= 4 is 17.9 Å². The van der Waals surface area contributed by atoms with E-state index in [0.29, 0.717) is 10.6 Å². The molecule has 8 heteroatoms. The van der Waals surface area contributed by atoms with Crippen LogP contribution in [0.2, 0.25) is 0 Å². The number of halogens is 1. The number of hydrogen-bond acceptors (Lipinski definition) is 4. The fourth-order valence-electron chi connectivity index (χ4n) is 1.97. The minimum Gasteiger partial charge on any atom is -0.297 e. The molecule has 1 fully saturated rings. The molecule has 98 valence electrons. The molecule has 1 aliphatic carbocycles. The van der Waals surface area contributed by atoms with E-state index in [2.05, 4.69) is 10.2 Å². The van der Waals surface area contributed by atoms with E-state index in [1.54, 1.807) is 4.57 Å². The van der Waals surface area contributed by atoms with Crippen LogP contribution in [-0.4, -0.2) is 19.7 Å². The van der Waals surface area contributed by atoms with Crippen LogP contribution in [0.3, 0.4) is 0 Å². The molecule has 6 nitrogen and oxygen atoms in total. The van der Waals surface area contributed by atoms with Gasteiger partial charge in [0.2, 0.25) is 0 Å². The fourth-order valence-corrected chi connectivity index (χ4v) is 2.25. The van der Waals surface area contributed by atoms with E-state index in [9.17, 15) is 14.5 Å². The summed E-state index contributed by atoms with van der Waals surface area (Å²) in [6, 6.07) is 3.76. The van der Waals surface area contributed by atoms with Gasteiger partial charge in [-0.05, 0) is 31.1 Å². The molecule has 0 atom stereocenters. The van der Waals surface area contributed by atoms with Gasteiger partial charge in [-0.3, -0.25) is 19.8 Å². The van der Waals surface area contributed by atoms with Crippen molar-refractivity contribution in [1.29, 1.82) is 0 Å². The highest BCUT2D eigenvalue weighted by molar-refractivity contribution is 7.71. The van der Waals surface area contributed by atoms with E-state index >= 15 is 0 Å². The van der Waals surface area contributed by atoms with E-state index in [-0.39, 0.29) is 17.3 Å². The first-order valence-corrected chi connectivity index (χ1v) is 6.10. The zero-order valence-electron chi connectivity index (χ0n) is 9.67. The molecule has 0 aliphatic heterocycles. The Labute approximate surface area is 112 Å². The van der Waals surface area contributed by atoms with Crippen molar-refractivity contribution in [2.24, 2.45) is 0 Å². The molecule has 0 spiro atoms. The molecular weight excluding hydrogens is 271 g/mol. The smallest absolute Gasteiger partial charge is 0.272 e. The Morgan fingerprint density at radius 2 is 2.26 bits per heavy atom. The van der Waals surface area contributed by atoms with Gasteiger partial charge < -0.3 is 0 Å². The predicted octanol–water partition coefficient (Wildman–Crippen LogP) is 2.99. The van der Waals surface area contributed by atoms with Crippen LogP contribution in [0.25, 0.3) is 11.4 Å². The Hall–Kier alpha value is -2.09. The third-order valence-corrected chi connectivity index (χ3v) is 3.31. The summed E-state index contributed by atoms with van der Waals surface area (Å²) in [5, 5.41) is 17.2. The number of aromatic amines is 1. The van der Waals surface area contributed by atoms with Gasteiger partial charge in [0.25, 0.3) is 5.69 Å². The summed E-state index contributed by atoms with van der Waals surface area (Å²) in [5.74, 6) is -0.287. The molecule has 1 saturated carbocycles. The largest absolute Gasteiger partial charge is 0.297 e. The third kappa shape index (κ3) is 2.03. The summed E-state index contributed by atoms with van der Waals surface area (Å²) in [5.41, 5.74) is -0.0711. The maximum Gasteiger partial charge on any atom is 0.272 e. The van der Waals surface area contributed by atoms with Crippen LogP contribution in [0.1, 0.15) is 18.9 Å². The van der Waals surface area contributed by atoms with Crippen LogP contribution in [-0.2, 0) is 0 Å². The maximum atomic E-state index is 14.0. The number of H-pyrrole nitrogens is 1. The summed E-state index contributed by atoms with van der Waals surface area (Å²) >= 11 is 5.11. The summed E-state index contributed by atoms with van der Waals surface area (Å²) in [6.07, 6.45) is 1.96. The molecule has 1 N–H and O–H groups in total. The predicted molar refractivity (Wildman–Crippen MR) is 67.7 cm³/mol. The first kappa shape index (κ1) is 12.0. The molecule has 19 heavy (non-hydrogen) atoms. The molecule has 0 radical (unpaired) electrons. The Kier molecular flexibility index (Phi) is 2.67. The van der Waals surface area contributed by atoms with Gasteiger partial charge in [-0.15, -0.1) is 0 Å². The van der Waals surface area contributed by atoms with Gasteiger partial charge in [0, 0.05) is 12.1 Å². The number of benzene rings is 1. The SMILES string of the molecule is O=[N+]([O-])c1ccc(-c2n[nH]c(=S)n2C2CC2)c(F)c1. The Balaban J connectivity index is 2.12. The molecule has 0 unspecified atom stereocenters. The average Bonchev–Trinajstić information content (AvgIpc) is 3.13. The minimum atomic E-state index is -0.676. The molecule has 0 saturated heterocycles. The average molecular weight is 280 g/mol. The van der Waals surface area contributed by atoms with Crippen LogP contribution in [0.5, 0.6) is 0 Å². The number of hydrogen-bond donors (Lipinski definition) is 1. The molecule has 0 bridgehead atoms. The van der Waals surface area contributed by atoms with Gasteiger partial charge in [-0.25, -0.2) is 4.39 Å². The quantitative estimate of drug-likeness (QED) is 0.532. The Morgan fingerprint density at radius 1 is 1.53 bits per heavy atom. The summed E-state index contributed by atoms with van der Waals surface area (Å²) < 4.78 is 16.2. The second-order valence-corrected chi connectivity index (χ2v) is 4.76.